The monoisotopic (exact) mass is 234 g/mol. The topological polar surface area (TPSA) is 53.6 Å². The Bertz CT molecular complexity index is 354. The highest BCUT2D eigenvalue weighted by Crippen LogP contribution is 2.07. The molecule has 0 bridgehead atoms. The van der Waals surface area contributed by atoms with Crippen LogP contribution < -0.4 is 11.1 Å². The molecule has 1 rings (SSSR count). The van der Waals surface area contributed by atoms with Crippen molar-refractivity contribution < 1.29 is 0 Å². The fourth-order valence-electron chi connectivity index (χ4n) is 1.41. The van der Waals surface area contributed by atoms with Crippen LogP contribution in [-0.2, 0) is 0 Å². The number of hydrogen-bond donors (Lipinski definition) is 2. The second-order valence-corrected chi connectivity index (χ2v) is 4.41. The molecule has 0 atom stereocenters. The first-order valence-corrected chi connectivity index (χ1v) is 5.86. The molecular weight excluding hydrogens is 212 g/mol. The highest BCUT2D eigenvalue weighted by Gasteiger charge is 1.94. The van der Waals surface area contributed by atoms with Gasteiger partial charge in [-0.15, -0.1) is 0 Å². The van der Waals surface area contributed by atoms with Crippen LogP contribution in [0.2, 0.25) is 0 Å². The first-order valence-electron chi connectivity index (χ1n) is 5.86. The van der Waals surface area contributed by atoms with E-state index in [4.69, 9.17) is 5.73 Å². The smallest absolute Gasteiger partial charge is 0.193 e. The van der Waals surface area contributed by atoms with Crippen molar-refractivity contribution in [2.45, 2.75) is 13.3 Å². The summed E-state index contributed by atoms with van der Waals surface area (Å²) < 4.78 is 0. The number of guanidine groups is 1. The lowest BCUT2D eigenvalue weighted by molar-refractivity contribution is 0.403. The third-order valence-corrected chi connectivity index (χ3v) is 2.37. The van der Waals surface area contributed by atoms with Gasteiger partial charge in [-0.25, -0.2) is 0 Å². The van der Waals surface area contributed by atoms with Crippen LogP contribution in [0.5, 0.6) is 0 Å². The van der Waals surface area contributed by atoms with Gasteiger partial charge in [0.25, 0.3) is 0 Å². The number of aryl methyl sites for hydroxylation is 1. The maximum Gasteiger partial charge on any atom is 0.193 e. The lowest BCUT2D eigenvalue weighted by Gasteiger charge is -2.08. The molecular formula is C13H22N4. The molecule has 0 aliphatic heterocycles. The van der Waals surface area contributed by atoms with Gasteiger partial charge in [-0.05, 0) is 46.1 Å². The van der Waals surface area contributed by atoms with E-state index in [-0.39, 0.29) is 0 Å². The summed E-state index contributed by atoms with van der Waals surface area (Å²) >= 11 is 0. The largest absolute Gasteiger partial charge is 0.370 e. The highest BCUT2D eigenvalue weighted by atomic mass is 15.1. The van der Waals surface area contributed by atoms with Crippen molar-refractivity contribution in [1.82, 2.24) is 4.90 Å². The minimum absolute atomic E-state index is 0.479. The summed E-state index contributed by atoms with van der Waals surface area (Å²) in [5.74, 6) is 0.479. The molecule has 4 nitrogen and oxygen atoms in total. The van der Waals surface area contributed by atoms with Crippen LogP contribution >= 0.6 is 0 Å². The number of nitrogens with one attached hydrogen (secondary N) is 1. The average molecular weight is 234 g/mol. The third kappa shape index (κ3) is 5.92. The first-order chi connectivity index (χ1) is 8.08. The Morgan fingerprint density at radius 1 is 1.29 bits per heavy atom. The zero-order chi connectivity index (χ0) is 12.7. The summed E-state index contributed by atoms with van der Waals surface area (Å²) in [6.07, 6.45) is 1.02. The molecule has 3 N–H and O–H groups in total. The number of nitrogens with two attached hydrogens (primary N) is 1. The van der Waals surface area contributed by atoms with E-state index in [1.165, 1.54) is 5.56 Å². The molecule has 0 aromatic heterocycles. The normalized spacial score (nSPS) is 11.9. The van der Waals surface area contributed by atoms with Gasteiger partial charge in [0.1, 0.15) is 0 Å². The SMILES string of the molecule is Cc1ccc(NC(N)=NCCCN(C)C)cc1. The Hall–Kier alpha value is -1.55. The van der Waals surface area contributed by atoms with E-state index in [1.807, 2.05) is 24.3 Å². The molecule has 0 aliphatic carbocycles. The standard InChI is InChI=1S/C13H22N4/c1-11-5-7-12(8-6-11)16-13(14)15-9-4-10-17(2)3/h5-8H,4,9-10H2,1-3H3,(H3,14,15,16). The molecule has 0 aliphatic rings. The van der Waals surface area contributed by atoms with Gasteiger partial charge < -0.3 is 16.0 Å². The minimum atomic E-state index is 0.479. The van der Waals surface area contributed by atoms with Crippen LogP contribution in [0.3, 0.4) is 0 Å². The zero-order valence-electron chi connectivity index (χ0n) is 10.9. The summed E-state index contributed by atoms with van der Waals surface area (Å²) in [4.78, 5) is 6.41. The lowest BCUT2D eigenvalue weighted by atomic mass is 10.2. The molecule has 0 unspecified atom stereocenters. The molecule has 0 fully saturated rings. The van der Waals surface area contributed by atoms with Gasteiger partial charge in [-0.1, -0.05) is 17.7 Å². The quantitative estimate of drug-likeness (QED) is 0.463. The van der Waals surface area contributed by atoms with Crippen molar-refractivity contribution in [2.75, 3.05) is 32.5 Å². The van der Waals surface area contributed by atoms with Crippen LogP contribution in [-0.4, -0.2) is 38.0 Å². The molecule has 1 aromatic carbocycles. The van der Waals surface area contributed by atoms with Gasteiger partial charge >= 0.3 is 0 Å². The molecule has 1 aromatic rings. The van der Waals surface area contributed by atoms with E-state index in [2.05, 4.69) is 36.2 Å². The highest BCUT2D eigenvalue weighted by molar-refractivity contribution is 5.92. The fourth-order valence-corrected chi connectivity index (χ4v) is 1.41. The van der Waals surface area contributed by atoms with Crippen LogP contribution in [0.4, 0.5) is 5.69 Å². The first kappa shape index (κ1) is 13.5. The Kier molecular flexibility index (Phi) is 5.49. The Morgan fingerprint density at radius 2 is 1.94 bits per heavy atom. The Labute approximate surface area is 104 Å². The van der Waals surface area contributed by atoms with E-state index in [9.17, 15) is 0 Å². The van der Waals surface area contributed by atoms with Gasteiger partial charge in [-0.3, -0.25) is 4.99 Å². The van der Waals surface area contributed by atoms with E-state index in [1.54, 1.807) is 0 Å². The number of nitrogens with zero attached hydrogens (tertiary/aromatic N) is 2. The maximum absolute atomic E-state index is 5.79. The number of hydrogen-bond acceptors (Lipinski definition) is 2. The van der Waals surface area contributed by atoms with Crippen LogP contribution in [0.25, 0.3) is 0 Å². The van der Waals surface area contributed by atoms with Crippen molar-refractivity contribution >= 4 is 11.6 Å². The summed E-state index contributed by atoms with van der Waals surface area (Å²) in [6.45, 7) is 3.84. The van der Waals surface area contributed by atoms with E-state index in [0.717, 1.165) is 25.2 Å². The van der Waals surface area contributed by atoms with Crippen molar-refractivity contribution in [1.29, 1.82) is 0 Å². The minimum Gasteiger partial charge on any atom is -0.370 e. The van der Waals surface area contributed by atoms with Crippen molar-refractivity contribution in [2.24, 2.45) is 10.7 Å². The van der Waals surface area contributed by atoms with Crippen molar-refractivity contribution in [3.05, 3.63) is 29.8 Å². The van der Waals surface area contributed by atoms with E-state index >= 15 is 0 Å². The Morgan fingerprint density at radius 3 is 2.53 bits per heavy atom. The zero-order valence-corrected chi connectivity index (χ0v) is 10.9. The summed E-state index contributed by atoms with van der Waals surface area (Å²) in [7, 11) is 4.11. The van der Waals surface area contributed by atoms with Gasteiger partial charge in [0, 0.05) is 12.2 Å². The summed E-state index contributed by atoms with van der Waals surface area (Å²) in [5.41, 5.74) is 8.00. The van der Waals surface area contributed by atoms with Gasteiger partial charge in [-0.2, -0.15) is 0 Å². The second-order valence-electron chi connectivity index (χ2n) is 4.41. The number of anilines is 1. The van der Waals surface area contributed by atoms with Gasteiger partial charge in [0.15, 0.2) is 5.96 Å². The maximum atomic E-state index is 5.79. The van der Waals surface area contributed by atoms with Gasteiger partial charge in [0.2, 0.25) is 0 Å². The molecule has 0 amide bonds. The fraction of sp³-hybridized carbons (Fsp3) is 0.462. The van der Waals surface area contributed by atoms with Crippen LogP contribution in [0.1, 0.15) is 12.0 Å². The molecule has 94 valence electrons. The van der Waals surface area contributed by atoms with Crippen molar-refractivity contribution in [3.63, 3.8) is 0 Å². The van der Waals surface area contributed by atoms with Crippen molar-refractivity contribution in [3.8, 4) is 0 Å². The molecule has 0 heterocycles. The lowest BCUT2D eigenvalue weighted by Crippen LogP contribution is -2.23. The third-order valence-electron chi connectivity index (χ3n) is 2.37. The predicted molar refractivity (Wildman–Crippen MR) is 74.5 cm³/mol. The summed E-state index contributed by atoms with van der Waals surface area (Å²) in [5, 5.41) is 3.07. The van der Waals surface area contributed by atoms with E-state index < -0.39 is 0 Å². The average Bonchev–Trinajstić information content (AvgIpc) is 2.27. The molecule has 17 heavy (non-hydrogen) atoms. The number of aliphatic imine (C=N–C) groups is 1. The molecule has 0 saturated carbocycles. The molecule has 0 spiro atoms. The van der Waals surface area contributed by atoms with Crippen LogP contribution in [0, 0.1) is 6.92 Å². The molecule has 0 saturated heterocycles. The van der Waals surface area contributed by atoms with Crippen LogP contribution in [0.15, 0.2) is 29.3 Å². The molecule has 0 radical (unpaired) electrons. The number of benzene rings is 1. The predicted octanol–water partition coefficient (Wildman–Crippen LogP) is 1.67. The van der Waals surface area contributed by atoms with E-state index in [0.29, 0.717) is 5.96 Å². The Balaban J connectivity index is 2.35. The van der Waals surface area contributed by atoms with Gasteiger partial charge in [0.05, 0.1) is 0 Å². The number of rotatable bonds is 5. The summed E-state index contributed by atoms with van der Waals surface area (Å²) in [6, 6.07) is 8.08. The molecule has 4 heteroatoms. The second kappa shape index (κ2) is 6.91.